The van der Waals surface area contributed by atoms with Crippen LogP contribution in [0.3, 0.4) is 0 Å². The highest BCUT2D eigenvalue weighted by Crippen LogP contribution is 2.60. The van der Waals surface area contributed by atoms with Crippen LogP contribution in [0.15, 0.2) is 59.3 Å². The van der Waals surface area contributed by atoms with Crippen LogP contribution in [0, 0.1) is 19.3 Å². The first-order valence-electron chi connectivity index (χ1n) is 13.5. The normalized spacial score (nSPS) is 25.9. The zero-order valence-electron chi connectivity index (χ0n) is 23.0. The second kappa shape index (κ2) is 9.39. The van der Waals surface area contributed by atoms with Crippen molar-refractivity contribution in [3.8, 4) is 11.1 Å². The summed E-state index contributed by atoms with van der Waals surface area (Å²) in [6.45, 7) is 7.64. The predicted octanol–water partition coefficient (Wildman–Crippen LogP) is 4.12. The van der Waals surface area contributed by atoms with Crippen molar-refractivity contribution in [2.24, 2.45) is 15.6 Å². The molecule has 2 aliphatic heterocycles. The number of fused-ring (bicyclic) bond motifs is 2. The molecular formula is C30H31N7O3. The summed E-state index contributed by atoms with van der Waals surface area (Å²) in [6, 6.07) is 6.89. The molecule has 0 spiro atoms. The third-order valence-electron chi connectivity index (χ3n) is 8.61. The summed E-state index contributed by atoms with van der Waals surface area (Å²) in [5, 5.41) is 11.8. The number of amides is 2. The molecule has 4 atom stereocenters. The second-order valence-electron chi connectivity index (χ2n) is 11.5. The molecule has 10 heteroatoms. The molecule has 1 aromatic carbocycles. The quantitative estimate of drug-likeness (QED) is 0.483. The van der Waals surface area contributed by atoms with Crippen LogP contribution in [0.25, 0.3) is 11.1 Å². The lowest BCUT2D eigenvalue weighted by molar-refractivity contribution is -0.142. The summed E-state index contributed by atoms with van der Waals surface area (Å²) >= 11 is 0. The highest BCUT2D eigenvalue weighted by atomic mass is 16.2. The van der Waals surface area contributed by atoms with E-state index in [-0.39, 0.29) is 35.5 Å². The van der Waals surface area contributed by atoms with Crippen LogP contribution in [-0.4, -0.2) is 49.5 Å². The number of rotatable bonds is 7. The smallest absolute Gasteiger partial charge is 0.243 e. The predicted molar refractivity (Wildman–Crippen MR) is 146 cm³/mol. The van der Waals surface area contributed by atoms with Crippen molar-refractivity contribution >= 4 is 23.3 Å². The Morgan fingerprint density at radius 3 is 2.48 bits per heavy atom. The lowest BCUT2D eigenvalue weighted by Gasteiger charge is -2.30. The van der Waals surface area contributed by atoms with Gasteiger partial charge in [-0.25, -0.2) is 9.97 Å². The van der Waals surface area contributed by atoms with Crippen LogP contribution < -0.4 is 5.32 Å². The van der Waals surface area contributed by atoms with E-state index in [0.717, 1.165) is 28.7 Å². The second-order valence-corrected chi connectivity index (χ2v) is 11.5. The molecular weight excluding hydrogens is 506 g/mol. The number of carbonyl (C=O) groups is 3. The van der Waals surface area contributed by atoms with Gasteiger partial charge >= 0.3 is 0 Å². The van der Waals surface area contributed by atoms with E-state index in [4.69, 9.17) is 0 Å². The number of nitrogens with zero attached hydrogens (tertiary/aromatic N) is 6. The van der Waals surface area contributed by atoms with Crippen molar-refractivity contribution in [3.63, 3.8) is 0 Å². The molecule has 10 nitrogen and oxygen atoms in total. The molecule has 204 valence electrons. The minimum Gasteiger partial charge on any atom is -0.350 e. The molecule has 4 heterocycles. The Morgan fingerprint density at radius 1 is 1.05 bits per heavy atom. The number of hydrogen-bond donors (Lipinski definition) is 1. The van der Waals surface area contributed by atoms with Crippen molar-refractivity contribution in [2.45, 2.75) is 71.1 Å². The monoisotopic (exact) mass is 537 g/mol. The SMILES string of the molecule is CC(=O)C1(CC(=O)N2[C@H](C(=O)NCc3ccncc3)C[C@@]3(C)C[C@@H]23)N=Nc2c(C)cc(-c3cnc(C)nc3)cc21. The minimum absolute atomic E-state index is 0.0312. The molecule has 1 saturated heterocycles. The molecule has 1 aliphatic carbocycles. The van der Waals surface area contributed by atoms with Crippen LogP contribution in [0.1, 0.15) is 55.6 Å². The Labute approximate surface area is 232 Å². The number of nitrogens with one attached hydrogen (secondary N) is 1. The fourth-order valence-corrected chi connectivity index (χ4v) is 6.12. The van der Waals surface area contributed by atoms with E-state index in [1.807, 2.05) is 38.1 Å². The van der Waals surface area contributed by atoms with Gasteiger partial charge in [0.2, 0.25) is 11.8 Å². The lowest BCUT2D eigenvalue weighted by Crippen LogP contribution is -2.49. The number of azo groups is 1. The third-order valence-corrected chi connectivity index (χ3v) is 8.61. The first kappa shape index (κ1) is 25.9. The molecule has 2 aromatic heterocycles. The van der Waals surface area contributed by atoms with Gasteiger partial charge in [-0.15, -0.1) is 0 Å². The maximum absolute atomic E-state index is 14.0. The molecule has 40 heavy (non-hydrogen) atoms. The number of benzene rings is 1. The van der Waals surface area contributed by atoms with E-state index < -0.39 is 11.6 Å². The minimum atomic E-state index is -1.45. The lowest BCUT2D eigenvalue weighted by atomic mass is 9.81. The molecule has 2 fully saturated rings. The van der Waals surface area contributed by atoms with E-state index >= 15 is 0 Å². The number of likely N-dealkylation sites (tertiary alicyclic amines) is 1. The molecule has 0 bridgehead atoms. The van der Waals surface area contributed by atoms with Crippen LogP contribution in [0.2, 0.25) is 0 Å². The highest BCUT2D eigenvalue weighted by Gasteiger charge is 2.65. The van der Waals surface area contributed by atoms with Gasteiger partial charge in [-0.05, 0) is 80.0 Å². The average Bonchev–Trinajstić information content (AvgIpc) is 3.29. The van der Waals surface area contributed by atoms with E-state index in [1.165, 1.54) is 6.92 Å². The first-order chi connectivity index (χ1) is 19.1. The van der Waals surface area contributed by atoms with Crippen LogP contribution in [0.4, 0.5) is 5.69 Å². The van der Waals surface area contributed by atoms with Gasteiger partial charge < -0.3 is 10.2 Å². The van der Waals surface area contributed by atoms with Gasteiger partial charge in [0.25, 0.3) is 0 Å². The van der Waals surface area contributed by atoms with Gasteiger partial charge in [-0.1, -0.05) is 6.92 Å². The summed E-state index contributed by atoms with van der Waals surface area (Å²) < 4.78 is 0. The summed E-state index contributed by atoms with van der Waals surface area (Å²) in [7, 11) is 0. The van der Waals surface area contributed by atoms with E-state index in [9.17, 15) is 14.4 Å². The first-order valence-corrected chi connectivity index (χ1v) is 13.5. The number of carbonyl (C=O) groups excluding carboxylic acids is 3. The maximum atomic E-state index is 14.0. The summed E-state index contributed by atoms with van der Waals surface area (Å²) in [6.07, 6.45) is 8.07. The molecule has 1 unspecified atom stereocenters. The molecule has 3 aromatic rings. The Hall–Kier alpha value is -4.34. The van der Waals surface area contributed by atoms with Crippen molar-refractivity contribution in [3.05, 3.63) is 71.6 Å². The van der Waals surface area contributed by atoms with Gasteiger partial charge in [0.15, 0.2) is 11.3 Å². The van der Waals surface area contributed by atoms with Crippen molar-refractivity contribution in [2.75, 3.05) is 0 Å². The van der Waals surface area contributed by atoms with Crippen molar-refractivity contribution in [1.29, 1.82) is 0 Å². The number of Topliss-reactive ketones (excluding diaryl/α,β-unsaturated/α-hetero) is 1. The van der Waals surface area contributed by atoms with Crippen LogP contribution in [0.5, 0.6) is 0 Å². The number of piperidine rings is 1. The molecule has 1 saturated carbocycles. The fourth-order valence-electron chi connectivity index (χ4n) is 6.12. The maximum Gasteiger partial charge on any atom is 0.243 e. The summed E-state index contributed by atoms with van der Waals surface area (Å²) in [5.41, 5.74) is 3.05. The Morgan fingerprint density at radius 2 is 1.77 bits per heavy atom. The zero-order chi connectivity index (χ0) is 28.2. The molecule has 6 rings (SSSR count). The third kappa shape index (κ3) is 4.27. The summed E-state index contributed by atoms with van der Waals surface area (Å²) in [4.78, 5) is 54.9. The largest absolute Gasteiger partial charge is 0.350 e. The average molecular weight is 538 g/mol. The Kier molecular flexibility index (Phi) is 6.08. The molecule has 0 radical (unpaired) electrons. The fraction of sp³-hybridized carbons (Fsp3) is 0.400. The van der Waals surface area contributed by atoms with Gasteiger partial charge in [0.05, 0.1) is 12.1 Å². The highest BCUT2D eigenvalue weighted by molar-refractivity contribution is 5.98. The van der Waals surface area contributed by atoms with E-state index in [2.05, 4.69) is 37.4 Å². The summed E-state index contributed by atoms with van der Waals surface area (Å²) in [5.74, 6) is -0.0655. The van der Waals surface area contributed by atoms with E-state index in [0.29, 0.717) is 30.0 Å². The van der Waals surface area contributed by atoms with Crippen molar-refractivity contribution in [1.82, 2.24) is 25.2 Å². The molecule has 1 N–H and O–H groups in total. The standard InChI is InChI=1S/C30H31N7O3/c1-17-9-21(22-15-32-19(3)33-16-22)10-23-27(17)35-36-30(23,18(2)38)13-26(39)37-24(11-29(4)12-25(29)37)28(40)34-14-20-5-7-31-8-6-20/h5-10,15-16,24-25H,11-14H2,1-4H3,(H,34,40)/t24-,25+,29-,30?/m0/s1. The van der Waals surface area contributed by atoms with Crippen LogP contribution in [-0.2, 0) is 26.5 Å². The Bertz CT molecular complexity index is 1560. The number of hydrogen-bond acceptors (Lipinski definition) is 8. The van der Waals surface area contributed by atoms with E-state index in [1.54, 1.807) is 29.7 Å². The van der Waals surface area contributed by atoms with Gasteiger partial charge in [-0.3, -0.25) is 19.4 Å². The van der Waals surface area contributed by atoms with Gasteiger partial charge in [0.1, 0.15) is 11.9 Å². The molecule has 2 amide bonds. The van der Waals surface area contributed by atoms with Crippen LogP contribution >= 0.6 is 0 Å². The number of ketones is 1. The van der Waals surface area contributed by atoms with Gasteiger partial charge in [0, 0.05) is 48.5 Å². The zero-order valence-corrected chi connectivity index (χ0v) is 23.0. The van der Waals surface area contributed by atoms with Crippen molar-refractivity contribution < 1.29 is 14.4 Å². The number of aryl methyl sites for hydroxylation is 2. The van der Waals surface area contributed by atoms with Gasteiger partial charge in [-0.2, -0.15) is 10.2 Å². The Balaban J connectivity index is 1.29. The molecule has 3 aliphatic rings. The number of pyridine rings is 1. The topological polar surface area (TPSA) is 130 Å². The number of aromatic nitrogens is 3.